The fourth-order valence-corrected chi connectivity index (χ4v) is 3.17. The van der Waals surface area contributed by atoms with E-state index >= 15 is 0 Å². The number of amides is 2. The summed E-state index contributed by atoms with van der Waals surface area (Å²) in [4.78, 5) is 24.6. The smallest absolute Gasteiger partial charge is 0.435 e. The molecular formula is C24H19F3N4O3. The molecule has 1 aromatic heterocycles. The van der Waals surface area contributed by atoms with Crippen LogP contribution in [0.5, 0.6) is 5.75 Å². The maximum atomic E-state index is 12.7. The van der Waals surface area contributed by atoms with Crippen LogP contribution in [0.1, 0.15) is 23.0 Å². The van der Waals surface area contributed by atoms with Gasteiger partial charge < -0.3 is 4.74 Å². The Bertz CT molecular complexity index is 1330. The Morgan fingerprint density at radius 2 is 1.65 bits per heavy atom. The first-order valence-electron chi connectivity index (χ1n) is 10.2. The lowest BCUT2D eigenvalue weighted by molar-refractivity contribution is -0.141. The lowest BCUT2D eigenvalue weighted by Crippen LogP contribution is -2.47. The van der Waals surface area contributed by atoms with Crippen molar-refractivity contribution in [1.82, 2.24) is 20.6 Å². The summed E-state index contributed by atoms with van der Waals surface area (Å²) in [6.45, 7) is 1.55. The highest BCUT2D eigenvalue weighted by atomic mass is 19.4. The van der Waals surface area contributed by atoms with Gasteiger partial charge in [-0.15, -0.1) is 0 Å². The van der Waals surface area contributed by atoms with Crippen molar-refractivity contribution in [3.63, 3.8) is 0 Å². The van der Waals surface area contributed by atoms with Gasteiger partial charge in [-0.1, -0.05) is 30.3 Å². The maximum absolute atomic E-state index is 12.7. The molecule has 0 saturated heterocycles. The lowest BCUT2D eigenvalue weighted by atomic mass is 10.1. The number of ether oxygens (including phenoxy) is 1. The predicted molar refractivity (Wildman–Crippen MR) is 118 cm³/mol. The Morgan fingerprint density at radius 3 is 2.32 bits per heavy atom. The fourth-order valence-electron chi connectivity index (χ4n) is 3.17. The summed E-state index contributed by atoms with van der Waals surface area (Å²) in [6.07, 6.45) is -4.25. The van der Waals surface area contributed by atoms with Crippen LogP contribution in [-0.4, -0.2) is 27.7 Å². The van der Waals surface area contributed by atoms with Crippen molar-refractivity contribution in [3.05, 3.63) is 90.3 Å². The highest BCUT2D eigenvalue weighted by Crippen LogP contribution is 2.28. The summed E-state index contributed by atoms with van der Waals surface area (Å²) in [5.74, 6) is -0.654. The first-order valence-corrected chi connectivity index (χ1v) is 10.2. The Kier molecular flexibility index (Phi) is 6.22. The molecule has 7 nitrogen and oxygen atoms in total. The van der Waals surface area contributed by atoms with Crippen LogP contribution in [0.4, 0.5) is 13.2 Å². The van der Waals surface area contributed by atoms with Crippen molar-refractivity contribution in [2.75, 3.05) is 0 Å². The molecule has 2 amide bonds. The van der Waals surface area contributed by atoms with E-state index < -0.39 is 29.8 Å². The minimum atomic E-state index is -4.54. The van der Waals surface area contributed by atoms with Gasteiger partial charge in [0.1, 0.15) is 5.75 Å². The van der Waals surface area contributed by atoms with E-state index in [2.05, 4.69) is 16.0 Å². The largest absolute Gasteiger partial charge is 0.481 e. The van der Waals surface area contributed by atoms with Crippen LogP contribution < -0.4 is 15.6 Å². The van der Waals surface area contributed by atoms with Gasteiger partial charge in [0, 0.05) is 11.8 Å². The highest BCUT2D eigenvalue weighted by Gasteiger charge is 2.33. The molecule has 10 heteroatoms. The van der Waals surface area contributed by atoms with Crippen molar-refractivity contribution >= 4 is 22.6 Å². The number of alkyl halides is 3. The summed E-state index contributed by atoms with van der Waals surface area (Å²) in [5.41, 5.74) is 4.10. The molecule has 4 rings (SSSR count). The molecule has 0 aliphatic carbocycles. The van der Waals surface area contributed by atoms with Crippen molar-refractivity contribution in [3.8, 4) is 11.4 Å². The maximum Gasteiger partial charge on any atom is 0.435 e. The zero-order valence-electron chi connectivity index (χ0n) is 17.8. The zero-order chi connectivity index (χ0) is 24.3. The summed E-state index contributed by atoms with van der Waals surface area (Å²) in [5, 5.41) is 5.48. The number of aromatic nitrogens is 2. The molecule has 174 valence electrons. The number of hydrogen-bond donors (Lipinski definition) is 2. The second-order valence-corrected chi connectivity index (χ2v) is 7.40. The number of rotatable bonds is 5. The average Bonchev–Trinajstić information content (AvgIpc) is 3.33. The van der Waals surface area contributed by atoms with Gasteiger partial charge in [0.15, 0.2) is 11.8 Å². The molecular weight excluding hydrogens is 449 g/mol. The number of nitrogens with one attached hydrogen (secondary N) is 2. The topological polar surface area (TPSA) is 85.3 Å². The number of halogens is 3. The first kappa shape index (κ1) is 22.8. The fraction of sp³-hybridized carbons (Fsp3) is 0.125. The number of nitrogens with zero attached hydrogens (tertiary/aromatic N) is 2. The average molecular weight is 468 g/mol. The molecule has 0 radical (unpaired) electrons. The third-order valence-corrected chi connectivity index (χ3v) is 4.98. The Labute approximate surface area is 192 Å². The quantitative estimate of drug-likeness (QED) is 0.429. The first-order chi connectivity index (χ1) is 16.2. The van der Waals surface area contributed by atoms with Crippen molar-refractivity contribution in [2.24, 2.45) is 0 Å². The standard InChI is InChI=1S/C24H19F3N4O3/c1-15(34-20-11-8-16-4-2-3-5-18(16)14-20)22(32)28-29-23(33)17-6-9-19(10-7-17)31-13-12-21(30-31)24(25,26)27/h2-15H,1H3,(H,28,32)(H,29,33). The monoisotopic (exact) mass is 468 g/mol. The van der Waals surface area contributed by atoms with E-state index in [1.165, 1.54) is 30.5 Å². The third kappa shape index (κ3) is 5.17. The Hall–Kier alpha value is -4.34. The number of fused-ring (bicyclic) bond motifs is 1. The Morgan fingerprint density at radius 1 is 0.941 bits per heavy atom. The molecule has 1 atom stereocenters. The summed E-state index contributed by atoms with van der Waals surface area (Å²) < 4.78 is 44.8. The predicted octanol–water partition coefficient (Wildman–Crippen LogP) is 4.27. The van der Waals surface area contributed by atoms with E-state index in [4.69, 9.17) is 4.74 Å². The molecule has 0 fully saturated rings. The normalized spacial score (nSPS) is 12.2. The van der Waals surface area contributed by atoms with Gasteiger partial charge in [-0.05, 0) is 60.2 Å². The second kappa shape index (κ2) is 9.26. The number of hydrazine groups is 1. The van der Waals surface area contributed by atoms with E-state index in [1.807, 2.05) is 36.4 Å². The molecule has 1 heterocycles. The van der Waals surface area contributed by atoms with Crippen LogP contribution in [0.15, 0.2) is 79.0 Å². The molecule has 0 spiro atoms. The summed E-state index contributed by atoms with van der Waals surface area (Å²) in [7, 11) is 0. The van der Waals surface area contributed by atoms with Crippen LogP contribution in [0.3, 0.4) is 0 Å². The van der Waals surface area contributed by atoms with Gasteiger partial charge in [0.2, 0.25) is 0 Å². The van der Waals surface area contributed by atoms with Crippen LogP contribution in [0, 0.1) is 0 Å². The highest BCUT2D eigenvalue weighted by molar-refractivity contribution is 5.96. The van der Waals surface area contributed by atoms with Gasteiger partial charge in [-0.3, -0.25) is 20.4 Å². The second-order valence-electron chi connectivity index (χ2n) is 7.40. The molecule has 0 bridgehead atoms. The van der Waals surface area contributed by atoms with Gasteiger partial charge in [-0.2, -0.15) is 18.3 Å². The van der Waals surface area contributed by atoms with Crippen LogP contribution in [-0.2, 0) is 11.0 Å². The van der Waals surface area contributed by atoms with Crippen LogP contribution >= 0.6 is 0 Å². The van der Waals surface area contributed by atoms with Gasteiger partial charge in [0.05, 0.1) is 5.69 Å². The molecule has 4 aromatic rings. The molecule has 1 unspecified atom stereocenters. The molecule has 3 aromatic carbocycles. The summed E-state index contributed by atoms with van der Waals surface area (Å²) >= 11 is 0. The van der Waals surface area contributed by atoms with Crippen molar-refractivity contribution < 1.29 is 27.5 Å². The minimum Gasteiger partial charge on any atom is -0.481 e. The molecule has 0 saturated carbocycles. The van der Waals surface area contributed by atoms with E-state index in [9.17, 15) is 22.8 Å². The van der Waals surface area contributed by atoms with Gasteiger partial charge >= 0.3 is 6.18 Å². The Balaban J connectivity index is 1.32. The van der Waals surface area contributed by atoms with Crippen molar-refractivity contribution in [2.45, 2.75) is 19.2 Å². The number of hydrogen-bond acceptors (Lipinski definition) is 4. The van der Waals surface area contributed by atoms with Crippen LogP contribution in [0.2, 0.25) is 0 Å². The van der Waals surface area contributed by atoms with E-state index in [-0.39, 0.29) is 5.56 Å². The zero-order valence-corrected chi connectivity index (χ0v) is 17.8. The molecule has 34 heavy (non-hydrogen) atoms. The number of carbonyl (C=O) groups is 2. The van der Waals surface area contributed by atoms with E-state index in [1.54, 1.807) is 13.0 Å². The minimum absolute atomic E-state index is 0.190. The van der Waals surface area contributed by atoms with Crippen LogP contribution in [0.25, 0.3) is 16.5 Å². The molecule has 0 aliphatic rings. The van der Waals surface area contributed by atoms with Gasteiger partial charge in [-0.25, -0.2) is 4.68 Å². The van der Waals surface area contributed by atoms with Gasteiger partial charge in [0.25, 0.3) is 11.8 Å². The molecule has 2 N–H and O–H groups in total. The third-order valence-electron chi connectivity index (χ3n) is 4.98. The number of carbonyl (C=O) groups excluding carboxylic acids is 2. The SMILES string of the molecule is CC(Oc1ccc2ccccc2c1)C(=O)NNC(=O)c1ccc(-n2ccc(C(F)(F)F)n2)cc1. The summed E-state index contributed by atoms with van der Waals surface area (Å²) in [6, 6.07) is 19.7. The van der Waals surface area contributed by atoms with E-state index in [0.717, 1.165) is 21.5 Å². The lowest BCUT2D eigenvalue weighted by Gasteiger charge is -2.15. The van der Waals surface area contributed by atoms with E-state index in [0.29, 0.717) is 11.4 Å². The van der Waals surface area contributed by atoms with Crippen molar-refractivity contribution in [1.29, 1.82) is 0 Å². The molecule has 0 aliphatic heterocycles. The number of benzene rings is 3.